The van der Waals surface area contributed by atoms with Gasteiger partial charge >= 0.3 is 0 Å². The lowest BCUT2D eigenvalue weighted by molar-refractivity contribution is 1.18. The maximum atomic E-state index is 10.3. The molecule has 0 aliphatic heterocycles. The van der Waals surface area contributed by atoms with Gasteiger partial charge in [-0.15, -0.1) is 0 Å². The Hall–Kier alpha value is -5.52. The highest BCUT2D eigenvalue weighted by atomic mass is 14.8. The first-order chi connectivity index (χ1) is 20.8. The largest absolute Gasteiger partial charge is 0.247 e. The Balaban J connectivity index is 1.35. The Morgan fingerprint density at radius 1 is 0.524 bits per heavy atom. The molecule has 9 rings (SSSR count). The molecule has 0 fully saturated rings. The van der Waals surface area contributed by atoms with Gasteiger partial charge in [-0.1, -0.05) is 97.1 Å². The number of benzene rings is 6. The predicted octanol–water partition coefficient (Wildman–Crippen LogP) is 9.74. The summed E-state index contributed by atoms with van der Waals surface area (Å²) in [6.07, 6.45) is 1.70. The lowest BCUT2D eigenvalue weighted by Crippen LogP contribution is -1.99. The minimum absolute atomic E-state index is 0.671. The van der Waals surface area contributed by atoms with Crippen LogP contribution in [-0.2, 0) is 12.8 Å². The van der Waals surface area contributed by atoms with Crippen LogP contribution in [-0.4, -0.2) is 4.98 Å². The van der Waals surface area contributed by atoms with Crippen molar-refractivity contribution >= 4 is 21.5 Å². The maximum Gasteiger partial charge on any atom is 0.0992 e. The van der Waals surface area contributed by atoms with Crippen molar-refractivity contribution in [2.45, 2.75) is 12.8 Å². The molecule has 1 aromatic heterocycles. The van der Waals surface area contributed by atoms with Crippen LogP contribution >= 0.6 is 0 Å². The van der Waals surface area contributed by atoms with Crippen molar-refractivity contribution in [1.82, 2.24) is 4.98 Å². The summed E-state index contributed by atoms with van der Waals surface area (Å²) < 4.78 is 0. The van der Waals surface area contributed by atoms with Gasteiger partial charge in [-0.05, 0) is 90.3 Å². The topological polar surface area (TPSA) is 36.7 Å². The first-order valence-corrected chi connectivity index (χ1v) is 14.5. The third kappa shape index (κ3) is 3.28. The molecule has 0 spiro atoms. The summed E-state index contributed by atoms with van der Waals surface area (Å²) in [5, 5.41) is 15.1. The van der Waals surface area contributed by atoms with E-state index in [0.717, 1.165) is 40.9 Å². The van der Waals surface area contributed by atoms with Crippen molar-refractivity contribution in [3.63, 3.8) is 0 Å². The summed E-state index contributed by atoms with van der Waals surface area (Å²) in [6.45, 7) is 0. The van der Waals surface area contributed by atoms with E-state index in [9.17, 15) is 5.26 Å². The monoisotopic (exact) mass is 532 g/mol. The number of rotatable bonds is 2. The Morgan fingerprint density at radius 3 is 1.79 bits per heavy atom. The highest BCUT2D eigenvalue weighted by Gasteiger charge is 2.31. The number of hydrogen-bond donors (Lipinski definition) is 0. The van der Waals surface area contributed by atoms with E-state index in [4.69, 9.17) is 4.98 Å². The zero-order valence-electron chi connectivity index (χ0n) is 22.9. The normalized spacial score (nSPS) is 12.5. The van der Waals surface area contributed by atoms with Crippen molar-refractivity contribution in [3.05, 3.63) is 149 Å². The van der Waals surface area contributed by atoms with Gasteiger partial charge in [-0.3, -0.25) is 0 Å². The summed E-state index contributed by atoms with van der Waals surface area (Å²) in [4.78, 5) is 5.34. The van der Waals surface area contributed by atoms with E-state index in [-0.39, 0.29) is 0 Å². The van der Waals surface area contributed by atoms with Crippen molar-refractivity contribution in [2.75, 3.05) is 0 Å². The van der Waals surface area contributed by atoms with Gasteiger partial charge in [-0.2, -0.15) is 5.26 Å². The number of nitriles is 1. The van der Waals surface area contributed by atoms with E-state index in [1.807, 2.05) is 6.07 Å². The molecule has 0 atom stereocenters. The molecule has 2 aliphatic rings. The quantitative estimate of drug-likeness (QED) is 0.208. The number of fused-ring (bicyclic) bond motifs is 9. The number of aromatic nitrogens is 1. The molecule has 0 unspecified atom stereocenters. The molecule has 0 bridgehead atoms. The SMILES string of the molecule is N#Cc1cc(-c2c3c(nc4c2Cc2ccccc2-4)-c2ccccc2C3)cc(-c2cc3ccccc3c3ccccc23)c1. The predicted molar refractivity (Wildman–Crippen MR) is 171 cm³/mol. The zero-order chi connectivity index (χ0) is 27.8. The summed E-state index contributed by atoms with van der Waals surface area (Å²) in [7, 11) is 0. The molecule has 0 amide bonds. The molecule has 7 aromatic rings. The Labute approximate surface area is 244 Å². The first kappa shape index (κ1) is 23.2. The Kier molecular flexibility index (Phi) is 4.83. The summed E-state index contributed by atoms with van der Waals surface area (Å²) in [5.41, 5.74) is 15.0. The maximum absolute atomic E-state index is 10.3. The smallest absolute Gasteiger partial charge is 0.0992 e. The molecule has 2 aliphatic carbocycles. The van der Waals surface area contributed by atoms with Crippen LogP contribution in [0.15, 0.2) is 121 Å². The second kappa shape index (κ2) is 8.74. The van der Waals surface area contributed by atoms with Gasteiger partial charge in [-0.25, -0.2) is 4.98 Å². The second-order valence-electron chi connectivity index (χ2n) is 11.4. The third-order valence-electron chi connectivity index (χ3n) is 9.11. The van der Waals surface area contributed by atoms with Crippen LogP contribution in [0.5, 0.6) is 0 Å². The van der Waals surface area contributed by atoms with E-state index in [1.54, 1.807) is 0 Å². The molecule has 0 saturated heterocycles. The van der Waals surface area contributed by atoms with Crippen LogP contribution < -0.4 is 0 Å². The van der Waals surface area contributed by atoms with Gasteiger partial charge in [0.2, 0.25) is 0 Å². The van der Waals surface area contributed by atoms with E-state index in [0.29, 0.717) is 5.56 Å². The van der Waals surface area contributed by atoms with Crippen molar-refractivity contribution in [3.8, 4) is 50.8 Å². The minimum atomic E-state index is 0.671. The molecule has 194 valence electrons. The van der Waals surface area contributed by atoms with Crippen molar-refractivity contribution in [2.24, 2.45) is 0 Å². The lowest BCUT2D eigenvalue weighted by Gasteiger charge is -2.17. The van der Waals surface area contributed by atoms with Gasteiger partial charge in [0, 0.05) is 24.0 Å². The third-order valence-corrected chi connectivity index (χ3v) is 9.11. The fraction of sp³-hybridized carbons (Fsp3) is 0.0500. The minimum Gasteiger partial charge on any atom is -0.247 e. The Morgan fingerprint density at radius 2 is 1.10 bits per heavy atom. The Bertz CT molecular complexity index is 2250. The van der Waals surface area contributed by atoms with Crippen LogP contribution in [0, 0.1) is 11.3 Å². The van der Waals surface area contributed by atoms with Crippen molar-refractivity contribution < 1.29 is 0 Å². The summed E-state index contributed by atoms with van der Waals surface area (Å²) >= 11 is 0. The lowest BCUT2D eigenvalue weighted by atomic mass is 9.87. The van der Waals surface area contributed by atoms with Crippen molar-refractivity contribution in [1.29, 1.82) is 5.26 Å². The van der Waals surface area contributed by atoms with Crippen LogP contribution in [0.2, 0.25) is 0 Å². The summed E-state index contributed by atoms with van der Waals surface area (Å²) in [5.74, 6) is 0. The first-order valence-electron chi connectivity index (χ1n) is 14.5. The van der Waals surface area contributed by atoms with Gasteiger partial charge < -0.3 is 0 Å². The molecular formula is C40H24N2. The number of nitrogens with zero attached hydrogens (tertiary/aromatic N) is 2. The van der Waals surface area contributed by atoms with E-state index >= 15 is 0 Å². The number of hydrogen-bond acceptors (Lipinski definition) is 2. The molecule has 0 radical (unpaired) electrons. The van der Waals surface area contributed by atoms with Gasteiger partial charge in [0.05, 0.1) is 23.0 Å². The van der Waals surface area contributed by atoms with E-state index in [2.05, 4.69) is 121 Å². The molecule has 1 heterocycles. The molecule has 2 heteroatoms. The van der Waals surface area contributed by atoms with Gasteiger partial charge in [0.25, 0.3) is 0 Å². The van der Waals surface area contributed by atoms with Gasteiger partial charge in [0.1, 0.15) is 0 Å². The standard InChI is InChI=1S/C40H24N2/c41-23-24-17-28(35-20-25-9-1-4-12-30(25)33-15-7-8-16-34(33)35)19-29(18-24)38-36-21-26-10-2-5-13-31(26)39(36)42-40-32-14-6-3-11-27(32)22-37(38)40/h1-20H,21-22H2. The fourth-order valence-corrected chi connectivity index (χ4v) is 7.28. The van der Waals surface area contributed by atoms with Crippen LogP contribution in [0.25, 0.3) is 66.3 Å². The van der Waals surface area contributed by atoms with Crippen LogP contribution in [0.1, 0.15) is 27.8 Å². The molecular weight excluding hydrogens is 508 g/mol. The molecule has 6 aromatic carbocycles. The fourth-order valence-electron chi connectivity index (χ4n) is 7.28. The molecule has 0 N–H and O–H groups in total. The molecule has 2 nitrogen and oxygen atoms in total. The van der Waals surface area contributed by atoms with Crippen LogP contribution in [0.3, 0.4) is 0 Å². The van der Waals surface area contributed by atoms with E-state index in [1.165, 1.54) is 60.5 Å². The number of pyridine rings is 1. The van der Waals surface area contributed by atoms with E-state index < -0.39 is 0 Å². The van der Waals surface area contributed by atoms with Crippen LogP contribution in [0.4, 0.5) is 0 Å². The molecule has 0 saturated carbocycles. The average molecular weight is 533 g/mol. The second-order valence-corrected chi connectivity index (χ2v) is 11.4. The summed E-state index contributed by atoms with van der Waals surface area (Å²) in [6, 6.07) is 45.7. The highest BCUT2D eigenvalue weighted by molar-refractivity contribution is 6.14. The highest BCUT2D eigenvalue weighted by Crippen LogP contribution is 2.49. The molecule has 42 heavy (non-hydrogen) atoms. The zero-order valence-corrected chi connectivity index (χ0v) is 22.9. The van der Waals surface area contributed by atoms with Gasteiger partial charge in [0.15, 0.2) is 0 Å². The average Bonchev–Trinajstić information content (AvgIpc) is 3.61.